The van der Waals surface area contributed by atoms with Crippen LogP contribution in [-0.2, 0) is 13.6 Å². The van der Waals surface area contributed by atoms with Gasteiger partial charge in [-0.1, -0.05) is 35.9 Å². The zero-order valence-electron chi connectivity index (χ0n) is 15.5. The highest BCUT2D eigenvalue weighted by Crippen LogP contribution is 2.51. The molecule has 1 saturated carbocycles. The second-order valence-electron chi connectivity index (χ2n) is 8.06. The Balaban J connectivity index is 1.27. The molecule has 2 aromatic carbocycles. The van der Waals surface area contributed by atoms with E-state index in [-0.39, 0.29) is 5.69 Å². The number of nitrogens with zero attached hydrogens (tertiary/aromatic N) is 3. The second-order valence-corrected chi connectivity index (χ2v) is 8.50. The van der Waals surface area contributed by atoms with E-state index in [4.69, 9.17) is 11.6 Å². The molecule has 0 radical (unpaired) electrons. The van der Waals surface area contributed by atoms with Crippen LogP contribution in [0.5, 0.6) is 0 Å². The highest BCUT2D eigenvalue weighted by Gasteiger charge is 2.47. The van der Waals surface area contributed by atoms with Crippen molar-refractivity contribution in [3.63, 3.8) is 0 Å². The van der Waals surface area contributed by atoms with Gasteiger partial charge in [-0.3, -0.25) is 9.13 Å². The van der Waals surface area contributed by atoms with Crippen molar-refractivity contribution in [2.24, 2.45) is 18.9 Å². The maximum Gasteiger partial charge on any atom is 0.328 e. The van der Waals surface area contributed by atoms with E-state index in [2.05, 4.69) is 17.0 Å². The van der Waals surface area contributed by atoms with E-state index in [1.165, 1.54) is 12.0 Å². The third-order valence-corrected chi connectivity index (χ3v) is 6.88. The molecule has 5 heteroatoms. The highest BCUT2D eigenvalue weighted by molar-refractivity contribution is 6.30. The molecule has 0 bridgehead atoms. The number of hydrogen-bond donors (Lipinski definition) is 0. The van der Waals surface area contributed by atoms with Gasteiger partial charge in [-0.25, -0.2) is 4.79 Å². The van der Waals surface area contributed by atoms with Crippen LogP contribution < -0.4 is 5.69 Å². The molecule has 2 heterocycles. The summed E-state index contributed by atoms with van der Waals surface area (Å²) in [6.45, 7) is 3.99. The lowest BCUT2D eigenvalue weighted by Gasteiger charge is -2.40. The summed E-state index contributed by atoms with van der Waals surface area (Å²) in [5.74, 6) is 2.21. The molecule has 3 atom stereocenters. The molecule has 3 aromatic rings. The van der Waals surface area contributed by atoms with Gasteiger partial charge in [0.1, 0.15) is 0 Å². The van der Waals surface area contributed by atoms with E-state index >= 15 is 0 Å². The Morgan fingerprint density at radius 2 is 1.74 bits per heavy atom. The monoisotopic (exact) mass is 381 g/mol. The third-order valence-electron chi connectivity index (χ3n) is 6.63. The van der Waals surface area contributed by atoms with Gasteiger partial charge in [0, 0.05) is 38.2 Å². The third kappa shape index (κ3) is 2.82. The van der Waals surface area contributed by atoms with Crippen LogP contribution in [0.3, 0.4) is 0 Å². The summed E-state index contributed by atoms with van der Waals surface area (Å²) in [5, 5.41) is 0.809. The van der Waals surface area contributed by atoms with Crippen molar-refractivity contribution in [1.82, 2.24) is 14.0 Å². The minimum Gasteiger partial charge on any atom is -0.301 e. The zero-order chi connectivity index (χ0) is 18.5. The number of imidazole rings is 1. The predicted molar refractivity (Wildman–Crippen MR) is 109 cm³/mol. The molecule has 4 nitrogen and oxygen atoms in total. The van der Waals surface area contributed by atoms with Crippen molar-refractivity contribution in [2.75, 3.05) is 19.6 Å². The second kappa shape index (κ2) is 6.54. The summed E-state index contributed by atoms with van der Waals surface area (Å²) in [6, 6.07) is 16.4. The molecule has 5 rings (SSSR count). The fourth-order valence-corrected chi connectivity index (χ4v) is 5.22. The number of aryl methyl sites for hydroxylation is 1. The van der Waals surface area contributed by atoms with Crippen LogP contribution in [0, 0.1) is 11.8 Å². The maximum atomic E-state index is 12.6. The molecule has 0 spiro atoms. The molecule has 1 aliphatic heterocycles. The number of halogens is 1. The van der Waals surface area contributed by atoms with Gasteiger partial charge in [0.15, 0.2) is 0 Å². The Morgan fingerprint density at radius 1 is 1.00 bits per heavy atom. The van der Waals surface area contributed by atoms with E-state index in [9.17, 15) is 4.79 Å². The minimum absolute atomic E-state index is 0.0809. The average molecular weight is 382 g/mol. The first-order valence-corrected chi connectivity index (χ1v) is 10.1. The Bertz CT molecular complexity index is 1040. The molecule has 1 saturated heterocycles. The molecule has 140 valence electrons. The molecular formula is C22H24ClN3O. The van der Waals surface area contributed by atoms with Crippen LogP contribution in [0.15, 0.2) is 53.3 Å². The van der Waals surface area contributed by atoms with Gasteiger partial charge >= 0.3 is 5.69 Å². The number of aromatic nitrogens is 2. The first kappa shape index (κ1) is 17.1. The lowest BCUT2D eigenvalue weighted by molar-refractivity contribution is 0.191. The molecule has 2 fully saturated rings. The van der Waals surface area contributed by atoms with Crippen LogP contribution in [0.4, 0.5) is 0 Å². The Labute approximate surface area is 164 Å². The summed E-state index contributed by atoms with van der Waals surface area (Å²) in [6.07, 6.45) is 1.27. The fraction of sp³-hybridized carbons (Fsp3) is 0.409. The van der Waals surface area contributed by atoms with Crippen molar-refractivity contribution in [3.05, 3.63) is 69.6 Å². The first-order valence-electron chi connectivity index (χ1n) is 9.74. The van der Waals surface area contributed by atoms with Gasteiger partial charge in [-0.05, 0) is 54.0 Å². The van der Waals surface area contributed by atoms with E-state index in [0.29, 0.717) is 5.92 Å². The van der Waals surface area contributed by atoms with Crippen LogP contribution >= 0.6 is 11.6 Å². The summed E-state index contributed by atoms with van der Waals surface area (Å²) in [5.41, 5.74) is 3.54. The maximum absolute atomic E-state index is 12.6. The number of benzene rings is 2. The Kier molecular flexibility index (Phi) is 4.14. The lowest BCUT2D eigenvalue weighted by atomic mass is 9.64. The highest BCUT2D eigenvalue weighted by atomic mass is 35.5. The molecular weight excluding hydrogens is 358 g/mol. The summed E-state index contributed by atoms with van der Waals surface area (Å²) in [4.78, 5) is 15.1. The molecule has 1 aromatic heterocycles. The molecule has 0 unspecified atom stereocenters. The van der Waals surface area contributed by atoms with E-state index < -0.39 is 0 Å². The van der Waals surface area contributed by atoms with Crippen LogP contribution in [0.2, 0.25) is 5.02 Å². The summed E-state index contributed by atoms with van der Waals surface area (Å²) in [7, 11) is 1.86. The molecule has 0 N–H and O–H groups in total. The SMILES string of the molecule is Cn1c(=O)n(CCN2C[C@H]3C[C@H](c4ccc(Cl)cc4)[C@H]3C2)c2ccccc21. The number of hydrogen-bond acceptors (Lipinski definition) is 2. The van der Waals surface area contributed by atoms with Crippen molar-refractivity contribution in [2.45, 2.75) is 18.9 Å². The summed E-state index contributed by atoms with van der Waals surface area (Å²) >= 11 is 6.03. The number of fused-ring (bicyclic) bond motifs is 2. The average Bonchev–Trinajstić information content (AvgIpc) is 3.11. The van der Waals surface area contributed by atoms with Gasteiger partial charge in [-0.2, -0.15) is 0 Å². The standard InChI is InChI=1S/C22H24ClN3O/c1-24-20-4-2-3-5-21(20)26(22(24)27)11-10-25-13-16-12-18(19(16)14-25)15-6-8-17(23)9-7-15/h2-9,16,18-19H,10-14H2,1H3/t16-,18-,19+/m1/s1. The van der Waals surface area contributed by atoms with Crippen molar-refractivity contribution < 1.29 is 0 Å². The van der Waals surface area contributed by atoms with E-state index in [0.717, 1.165) is 54.1 Å². The summed E-state index contributed by atoms with van der Waals surface area (Å²) < 4.78 is 3.67. The first-order chi connectivity index (χ1) is 13.1. The van der Waals surface area contributed by atoms with Gasteiger partial charge < -0.3 is 4.90 Å². The van der Waals surface area contributed by atoms with E-state index in [1.807, 2.05) is 48.0 Å². The lowest BCUT2D eigenvalue weighted by Crippen LogP contribution is -2.33. The van der Waals surface area contributed by atoms with Gasteiger partial charge in [0.25, 0.3) is 0 Å². The van der Waals surface area contributed by atoms with Gasteiger partial charge in [0.05, 0.1) is 11.0 Å². The minimum atomic E-state index is 0.0809. The van der Waals surface area contributed by atoms with Crippen LogP contribution in [0.1, 0.15) is 17.9 Å². The Morgan fingerprint density at radius 3 is 2.52 bits per heavy atom. The topological polar surface area (TPSA) is 30.2 Å². The van der Waals surface area contributed by atoms with Crippen LogP contribution in [-0.4, -0.2) is 33.7 Å². The smallest absolute Gasteiger partial charge is 0.301 e. The van der Waals surface area contributed by atoms with E-state index in [1.54, 1.807) is 4.57 Å². The number of rotatable bonds is 4. The van der Waals surface area contributed by atoms with Crippen molar-refractivity contribution >= 4 is 22.6 Å². The van der Waals surface area contributed by atoms with Gasteiger partial charge in [-0.15, -0.1) is 0 Å². The number of likely N-dealkylation sites (tertiary alicyclic amines) is 1. The van der Waals surface area contributed by atoms with Crippen molar-refractivity contribution in [1.29, 1.82) is 0 Å². The Hall–Kier alpha value is -2.04. The van der Waals surface area contributed by atoms with Gasteiger partial charge in [0.2, 0.25) is 0 Å². The number of para-hydroxylation sites is 2. The molecule has 27 heavy (non-hydrogen) atoms. The predicted octanol–water partition coefficient (Wildman–Crippen LogP) is 3.73. The molecule has 2 aliphatic rings. The molecule has 0 amide bonds. The quantitative estimate of drug-likeness (QED) is 0.689. The fourth-order valence-electron chi connectivity index (χ4n) is 5.10. The zero-order valence-corrected chi connectivity index (χ0v) is 16.3. The largest absolute Gasteiger partial charge is 0.328 e. The molecule has 1 aliphatic carbocycles. The van der Waals surface area contributed by atoms with Crippen molar-refractivity contribution in [3.8, 4) is 0 Å². The van der Waals surface area contributed by atoms with Crippen LogP contribution in [0.25, 0.3) is 11.0 Å². The normalized spacial score (nSPS) is 24.9.